The lowest BCUT2D eigenvalue weighted by Gasteiger charge is -2.05. The van der Waals surface area contributed by atoms with Gasteiger partial charge in [-0.2, -0.15) is 17.7 Å². The van der Waals surface area contributed by atoms with Gasteiger partial charge in [-0.15, -0.1) is 0 Å². The first-order chi connectivity index (χ1) is 7.09. The molecular weight excluding hydrogens is 206 g/mol. The molecule has 1 aromatic rings. The van der Waals surface area contributed by atoms with Gasteiger partial charge in [0.25, 0.3) is 0 Å². The van der Waals surface area contributed by atoms with Crippen LogP contribution in [0.25, 0.3) is 0 Å². The van der Waals surface area contributed by atoms with Crippen LogP contribution in [0.1, 0.15) is 32.3 Å². The van der Waals surface area contributed by atoms with Crippen LogP contribution in [0.15, 0.2) is 23.4 Å². The Labute approximate surface area is 96.4 Å². The highest BCUT2D eigenvalue weighted by Crippen LogP contribution is 2.14. The molecule has 1 atom stereocenters. The van der Waals surface area contributed by atoms with E-state index in [0.717, 1.165) is 5.82 Å². The minimum atomic E-state index is 0.146. The van der Waals surface area contributed by atoms with Crippen molar-refractivity contribution in [1.29, 1.82) is 0 Å². The van der Waals surface area contributed by atoms with Crippen LogP contribution >= 0.6 is 12.6 Å². The lowest BCUT2D eigenvalue weighted by molar-refractivity contribution is 0.858. The molecule has 1 heterocycles. The van der Waals surface area contributed by atoms with Gasteiger partial charge >= 0.3 is 0 Å². The summed E-state index contributed by atoms with van der Waals surface area (Å²) in [5.74, 6) is 1.26. The van der Waals surface area contributed by atoms with Crippen LogP contribution < -0.4 is 5.43 Å². The average Bonchev–Trinajstić information content (AvgIpc) is 2.18. The quantitative estimate of drug-likeness (QED) is 0.468. The molecule has 0 saturated carbocycles. The number of aromatic nitrogens is 1. The zero-order valence-corrected chi connectivity index (χ0v) is 10.2. The average molecular weight is 223 g/mol. The number of thiol groups is 1. The van der Waals surface area contributed by atoms with Gasteiger partial charge < -0.3 is 0 Å². The van der Waals surface area contributed by atoms with E-state index < -0.39 is 0 Å². The number of nitrogens with one attached hydrogen (secondary N) is 1. The molecule has 15 heavy (non-hydrogen) atoms. The summed E-state index contributed by atoms with van der Waals surface area (Å²) in [7, 11) is 0. The molecule has 0 aliphatic heterocycles. The lowest BCUT2D eigenvalue weighted by atomic mass is 10.1. The van der Waals surface area contributed by atoms with Gasteiger partial charge in [0.2, 0.25) is 0 Å². The van der Waals surface area contributed by atoms with E-state index in [-0.39, 0.29) is 5.25 Å². The highest BCUT2D eigenvalue weighted by Gasteiger charge is 1.98. The molecular formula is C11H17N3S. The molecule has 1 unspecified atom stereocenters. The molecule has 0 aliphatic carbocycles. The van der Waals surface area contributed by atoms with Crippen LogP contribution in [0.4, 0.5) is 5.82 Å². The molecule has 1 N–H and O–H groups in total. The predicted octanol–water partition coefficient (Wildman–Crippen LogP) is 2.92. The summed E-state index contributed by atoms with van der Waals surface area (Å²) in [6, 6.07) is 3.98. The van der Waals surface area contributed by atoms with Crippen LogP contribution in [0, 0.1) is 0 Å². The van der Waals surface area contributed by atoms with E-state index >= 15 is 0 Å². The monoisotopic (exact) mass is 223 g/mol. The topological polar surface area (TPSA) is 37.3 Å². The summed E-state index contributed by atoms with van der Waals surface area (Å²) in [5.41, 5.74) is 4.08. The highest BCUT2D eigenvalue weighted by atomic mass is 32.1. The summed E-state index contributed by atoms with van der Waals surface area (Å²) >= 11 is 4.18. The molecule has 0 fully saturated rings. The number of rotatable bonds is 4. The van der Waals surface area contributed by atoms with Gasteiger partial charge in [0.1, 0.15) is 5.82 Å². The Balaban J connectivity index is 2.57. The van der Waals surface area contributed by atoms with Gasteiger partial charge in [0.15, 0.2) is 0 Å². The standard InChI is InChI=1S/C11H17N3S/c1-8(2)10-4-5-11(12-7-10)14-13-6-9(3)15/h4-9,15H,1-3H3,(H,12,14)/b13-6+. The van der Waals surface area contributed by atoms with Gasteiger partial charge in [0, 0.05) is 17.7 Å². The Hall–Kier alpha value is -1.03. The minimum absolute atomic E-state index is 0.146. The summed E-state index contributed by atoms with van der Waals surface area (Å²) in [6.07, 6.45) is 3.59. The van der Waals surface area contributed by atoms with Gasteiger partial charge in [0.05, 0.1) is 0 Å². The number of hydrogen-bond donors (Lipinski definition) is 2. The highest BCUT2D eigenvalue weighted by molar-refractivity contribution is 7.81. The molecule has 0 amide bonds. The predicted molar refractivity (Wildman–Crippen MR) is 68.9 cm³/mol. The van der Waals surface area contributed by atoms with Crippen LogP contribution in [0.3, 0.4) is 0 Å². The van der Waals surface area contributed by atoms with E-state index in [2.05, 4.69) is 48.1 Å². The normalized spacial score (nSPS) is 13.4. The van der Waals surface area contributed by atoms with E-state index in [4.69, 9.17) is 0 Å². The van der Waals surface area contributed by atoms with Crippen molar-refractivity contribution < 1.29 is 0 Å². The Bertz CT molecular complexity index is 317. The first-order valence-electron chi connectivity index (χ1n) is 5.03. The van der Waals surface area contributed by atoms with Gasteiger partial charge in [-0.25, -0.2) is 4.98 Å². The zero-order valence-electron chi connectivity index (χ0n) is 9.31. The maximum Gasteiger partial charge on any atom is 0.146 e. The maximum absolute atomic E-state index is 4.25. The van der Waals surface area contributed by atoms with E-state index in [0.29, 0.717) is 5.92 Å². The molecule has 0 aliphatic rings. The zero-order chi connectivity index (χ0) is 11.3. The van der Waals surface area contributed by atoms with Crippen LogP contribution in [0.5, 0.6) is 0 Å². The van der Waals surface area contributed by atoms with Crippen molar-refractivity contribution in [2.75, 3.05) is 5.43 Å². The fraction of sp³-hybridized carbons (Fsp3) is 0.455. The Morgan fingerprint density at radius 3 is 2.60 bits per heavy atom. The number of nitrogens with zero attached hydrogens (tertiary/aromatic N) is 2. The molecule has 0 saturated heterocycles. The second-order valence-electron chi connectivity index (χ2n) is 3.76. The molecule has 1 aromatic heterocycles. The third-order valence-electron chi connectivity index (χ3n) is 1.92. The summed E-state index contributed by atoms with van der Waals surface area (Å²) in [4.78, 5) is 4.25. The third-order valence-corrected chi connectivity index (χ3v) is 2.06. The van der Waals surface area contributed by atoms with Crippen LogP contribution in [-0.2, 0) is 0 Å². The van der Waals surface area contributed by atoms with Crippen molar-refractivity contribution >= 4 is 24.7 Å². The fourth-order valence-electron chi connectivity index (χ4n) is 1.02. The van der Waals surface area contributed by atoms with E-state index in [1.165, 1.54) is 5.56 Å². The second kappa shape index (κ2) is 5.75. The summed E-state index contributed by atoms with van der Waals surface area (Å²) in [5, 5.41) is 4.15. The van der Waals surface area contributed by atoms with Crippen molar-refractivity contribution in [3.05, 3.63) is 23.9 Å². The van der Waals surface area contributed by atoms with Crippen LogP contribution in [0.2, 0.25) is 0 Å². The first kappa shape index (κ1) is 12.0. The largest absolute Gasteiger partial charge is 0.262 e. The van der Waals surface area contributed by atoms with E-state index in [1.807, 2.05) is 19.2 Å². The Morgan fingerprint density at radius 1 is 1.40 bits per heavy atom. The lowest BCUT2D eigenvalue weighted by Crippen LogP contribution is -1.98. The molecule has 0 radical (unpaired) electrons. The van der Waals surface area contributed by atoms with Gasteiger partial charge in [-0.1, -0.05) is 19.9 Å². The maximum atomic E-state index is 4.25. The first-order valence-corrected chi connectivity index (χ1v) is 5.54. The molecule has 1 rings (SSSR count). The molecule has 0 bridgehead atoms. The second-order valence-corrected chi connectivity index (χ2v) is 4.58. The third kappa shape index (κ3) is 4.34. The van der Waals surface area contributed by atoms with Crippen molar-refractivity contribution in [3.63, 3.8) is 0 Å². The number of pyridine rings is 1. The molecule has 4 heteroatoms. The smallest absolute Gasteiger partial charge is 0.146 e. The number of hydrazone groups is 1. The summed E-state index contributed by atoms with van der Waals surface area (Å²) < 4.78 is 0. The van der Waals surface area contributed by atoms with Gasteiger partial charge in [-0.3, -0.25) is 5.43 Å². The SMILES string of the molecule is CC(S)/C=N/Nc1ccc(C(C)C)cn1. The number of anilines is 1. The fourth-order valence-corrected chi connectivity index (χ4v) is 1.09. The van der Waals surface area contributed by atoms with Crippen molar-refractivity contribution in [2.45, 2.75) is 31.9 Å². The number of hydrogen-bond acceptors (Lipinski definition) is 4. The van der Waals surface area contributed by atoms with Crippen molar-refractivity contribution in [1.82, 2.24) is 4.98 Å². The van der Waals surface area contributed by atoms with Gasteiger partial charge in [-0.05, 0) is 24.5 Å². The molecule has 0 aromatic carbocycles. The van der Waals surface area contributed by atoms with Crippen molar-refractivity contribution in [3.8, 4) is 0 Å². The van der Waals surface area contributed by atoms with Crippen LogP contribution in [-0.4, -0.2) is 16.4 Å². The Morgan fingerprint density at radius 2 is 2.13 bits per heavy atom. The van der Waals surface area contributed by atoms with E-state index in [1.54, 1.807) is 6.21 Å². The minimum Gasteiger partial charge on any atom is -0.262 e. The molecule has 3 nitrogen and oxygen atoms in total. The molecule has 0 spiro atoms. The van der Waals surface area contributed by atoms with E-state index in [9.17, 15) is 0 Å². The summed E-state index contributed by atoms with van der Waals surface area (Å²) in [6.45, 7) is 6.24. The van der Waals surface area contributed by atoms with Crippen molar-refractivity contribution in [2.24, 2.45) is 5.10 Å². The Kier molecular flexibility index (Phi) is 4.62. The molecule has 82 valence electrons.